The van der Waals surface area contributed by atoms with Crippen molar-refractivity contribution in [2.24, 2.45) is 0 Å². The van der Waals surface area contributed by atoms with E-state index in [-0.39, 0.29) is 30.6 Å². The first-order chi connectivity index (χ1) is 15.4. The van der Waals surface area contributed by atoms with E-state index in [1.165, 1.54) is 18.0 Å². The van der Waals surface area contributed by atoms with E-state index in [9.17, 15) is 9.59 Å². The summed E-state index contributed by atoms with van der Waals surface area (Å²) in [6, 6.07) is 8.18. The van der Waals surface area contributed by atoms with Crippen LogP contribution in [-0.4, -0.2) is 70.5 Å². The standard InChI is InChI=1S/C23H28ClN5O3/c1-16(2)17-5-7-19(8-6-17)29-11-10-28(23(29)31)15-21(30)27-9-3-4-20(14-27)32-22-25-12-18(24)13-26-22/h5-8,12-13,16,20H,3-4,9-11,14-15H2,1-2H3. The Labute approximate surface area is 193 Å². The fourth-order valence-electron chi connectivity index (χ4n) is 4.04. The number of halogens is 1. The Balaban J connectivity index is 1.32. The van der Waals surface area contributed by atoms with Crippen molar-refractivity contribution in [3.05, 3.63) is 47.2 Å². The molecule has 1 atom stereocenters. The molecule has 1 aromatic carbocycles. The molecule has 2 saturated heterocycles. The van der Waals surface area contributed by atoms with Crippen molar-refractivity contribution in [1.82, 2.24) is 19.8 Å². The average molecular weight is 458 g/mol. The monoisotopic (exact) mass is 457 g/mol. The summed E-state index contributed by atoms with van der Waals surface area (Å²) in [5.74, 6) is 0.372. The molecule has 1 aromatic heterocycles. The van der Waals surface area contributed by atoms with E-state index in [1.807, 2.05) is 12.1 Å². The Morgan fingerprint density at radius 2 is 1.88 bits per heavy atom. The molecular weight excluding hydrogens is 430 g/mol. The summed E-state index contributed by atoms with van der Waals surface area (Å²) in [6.45, 7) is 6.57. The lowest BCUT2D eigenvalue weighted by Gasteiger charge is -2.33. The third kappa shape index (κ3) is 5.12. The number of benzene rings is 1. The summed E-state index contributed by atoms with van der Waals surface area (Å²) < 4.78 is 5.82. The van der Waals surface area contributed by atoms with Crippen LogP contribution in [-0.2, 0) is 4.79 Å². The van der Waals surface area contributed by atoms with E-state index in [2.05, 4.69) is 35.9 Å². The number of aromatic nitrogens is 2. The van der Waals surface area contributed by atoms with Gasteiger partial charge in [0.15, 0.2) is 0 Å². The van der Waals surface area contributed by atoms with E-state index in [1.54, 1.807) is 14.7 Å². The number of amides is 3. The molecule has 0 N–H and O–H groups in total. The van der Waals surface area contributed by atoms with E-state index in [0.717, 1.165) is 18.5 Å². The molecule has 3 amide bonds. The number of rotatable bonds is 6. The molecule has 0 radical (unpaired) electrons. The molecule has 2 fully saturated rings. The smallest absolute Gasteiger partial charge is 0.325 e. The Morgan fingerprint density at radius 3 is 2.56 bits per heavy atom. The van der Waals surface area contributed by atoms with Crippen molar-refractivity contribution in [1.29, 1.82) is 0 Å². The lowest BCUT2D eigenvalue weighted by Crippen LogP contribution is -2.48. The highest BCUT2D eigenvalue weighted by atomic mass is 35.5. The molecule has 2 aromatic rings. The minimum atomic E-state index is -0.181. The van der Waals surface area contributed by atoms with Crippen LogP contribution in [0, 0.1) is 0 Å². The normalized spacial score (nSPS) is 19.1. The first kappa shape index (κ1) is 22.3. The molecule has 3 heterocycles. The lowest BCUT2D eigenvalue weighted by molar-refractivity contribution is -0.134. The van der Waals surface area contributed by atoms with Crippen LogP contribution in [0.5, 0.6) is 6.01 Å². The zero-order valence-corrected chi connectivity index (χ0v) is 19.2. The van der Waals surface area contributed by atoms with Crippen molar-refractivity contribution in [3.63, 3.8) is 0 Å². The molecule has 4 rings (SSSR count). The van der Waals surface area contributed by atoms with Gasteiger partial charge in [0.25, 0.3) is 0 Å². The molecule has 0 bridgehead atoms. The maximum absolute atomic E-state index is 12.9. The summed E-state index contributed by atoms with van der Waals surface area (Å²) in [4.78, 5) is 39.1. The Bertz CT molecular complexity index is 951. The highest BCUT2D eigenvalue weighted by molar-refractivity contribution is 6.30. The molecule has 2 aliphatic rings. The Kier molecular flexibility index (Phi) is 6.79. The van der Waals surface area contributed by atoms with Crippen LogP contribution in [0.4, 0.5) is 10.5 Å². The number of nitrogens with zero attached hydrogens (tertiary/aromatic N) is 5. The van der Waals surface area contributed by atoms with Crippen molar-refractivity contribution in [2.75, 3.05) is 37.6 Å². The van der Waals surface area contributed by atoms with Crippen molar-refractivity contribution >= 4 is 29.2 Å². The van der Waals surface area contributed by atoms with Crippen molar-refractivity contribution in [3.8, 4) is 6.01 Å². The number of likely N-dealkylation sites (tertiary alicyclic amines) is 1. The van der Waals surface area contributed by atoms with Gasteiger partial charge in [-0.1, -0.05) is 37.6 Å². The van der Waals surface area contributed by atoms with E-state index < -0.39 is 0 Å². The molecule has 0 aliphatic carbocycles. The number of piperidine rings is 1. The minimum absolute atomic E-state index is 0.0688. The number of carbonyl (C=O) groups is 2. The summed E-state index contributed by atoms with van der Waals surface area (Å²) in [6.07, 6.45) is 4.43. The highest BCUT2D eigenvalue weighted by Gasteiger charge is 2.33. The highest BCUT2D eigenvalue weighted by Crippen LogP contribution is 2.24. The molecule has 0 spiro atoms. The molecule has 8 nitrogen and oxygen atoms in total. The fraction of sp³-hybridized carbons (Fsp3) is 0.478. The molecule has 2 aliphatic heterocycles. The second kappa shape index (κ2) is 9.73. The maximum Gasteiger partial charge on any atom is 0.325 e. The predicted molar refractivity (Wildman–Crippen MR) is 122 cm³/mol. The van der Waals surface area contributed by atoms with Crippen LogP contribution in [0.2, 0.25) is 5.02 Å². The van der Waals surface area contributed by atoms with Crippen LogP contribution in [0.3, 0.4) is 0 Å². The average Bonchev–Trinajstić information content (AvgIpc) is 3.15. The SMILES string of the molecule is CC(C)c1ccc(N2CCN(CC(=O)N3CCCC(Oc4ncc(Cl)cn4)C3)C2=O)cc1. The number of hydrogen-bond acceptors (Lipinski definition) is 5. The fourth-order valence-corrected chi connectivity index (χ4v) is 4.14. The van der Waals surface area contributed by atoms with Gasteiger partial charge in [-0.25, -0.2) is 14.8 Å². The second-order valence-corrected chi connectivity index (χ2v) is 8.94. The van der Waals surface area contributed by atoms with Gasteiger partial charge in [-0.2, -0.15) is 0 Å². The summed E-state index contributed by atoms with van der Waals surface area (Å²) in [5.41, 5.74) is 2.10. The van der Waals surface area contributed by atoms with Crippen LogP contribution >= 0.6 is 11.6 Å². The third-order valence-corrected chi connectivity index (χ3v) is 6.09. The predicted octanol–water partition coefficient (Wildman–Crippen LogP) is 3.57. The van der Waals surface area contributed by atoms with Gasteiger partial charge in [-0.3, -0.25) is 9.69 Å². The molecule has 32 heavy (non-hydrogen) atoms. The number of urea groups is 1. The zero-order chi connectivity index (χ0) is 22.7. The molecule has 9 heteroatoms. The van der Waals surface area contributed by atoms with Gasteiger partial charge in [0.1, 0.15) is 12.6 Å². The van der Waals surface area contributed by atoms with Gasteiger partial charge < -0.3 is 14.5 Å². The summed E-state index contributed by atoms with van der Waals surface area (Å²) >= 11 is 5.81. The molecular formula is C23H28ClN5O3. The summed E-state index contributed by atoms with van der Waals surface area (Å²) in [5, 5.41) is 0.443. The Hall–Kier alpha value is -2.87. The van der Waals surface area contributed by atoms with Gasteiger partial charge in [0, 0.05) is 25.3 Å². The lowest BCUT2D eigenvalue weighted by atomic mass is 10.0. The third-order valence-electron chi connectivity index (χ3n) is 5.89. The molecule has 170 valence electrons. The van der Waals surface area contributed by atoms with Gasteiger partial charge in [0.05, 0.1) is 24.0 Å². The largest absolute Gasteiger partial charge is 0.458 e. The molecule has 1 unspecified atom stereocenters. The number of anilines is 1. The van der Waals surface area contributed by atoms with Gasteiger partial charge in [-0.15, -0.1) is 0 Å². The van der Waals surface area contributed by atoms with Gasteiger partial charge in [0.2, 0.25) is 5.91 Å². The van der Waals surface area contributed by atoms with Gasteiger partial charge >= 0.3 is 12.0 Å². The van der Waals surface area contributed by atoms with Crippen LogP contribution < -0.4 is 9.64 Å². The second-order valence-electron chi connectivity index (χ2n) is 8.51. The zero-order valence-electron chi connectivity index (χ0n) is 18.4. The number of hydrogen-bond donors (Lipinski definition) is 0. The first-order valence-electron chi connectivity index (χ1n) is 11.0. The number of ether oxygens (including phenoxy) is 1. The maximum atomic E-state index is 12.9. The van der Waals surface area contributed by atoms with E-state index in [0.29, 0.717) is 37.1 Å². The van der Waals surface area contributed by atoms with Crippen molar-refractivity contribution in [2.45, 2.75) is 38.7 Å². The summed E-state index contributed by atoms with van der Waals surface area (Å²) in [7, 11) is 0. The topological polar surface area (TPSA) is 78.9 Å². The quantitative estimate of drug-likeness (QED) is 0.662. The number of carbonyl (C=O) groups excluding carboxylic acids is 2. The van der Waals surface area contributed by atoms with E-state index in [4.69, 9.17) is 16.3 Å². The minimum Gasteiger partial charge on any atom is -0.458 e. The van der Waals surface area contributed by atoms with E-state index >= 15 is 0 Å². The van der Waals surface area contributed by atoms with Gasteiger partial charge in [-0.05, 0) is 36.5 Å². The van der Waals surface area contributed by atoms with Crippen LogP contribution in [0.25, 0.3) is 0 Å². The first-order valence-corrected chi connectivity index (χ1v) is 11.4. The van der Waals surface area contributed by atoms with Crippen LogP contribution in [0.15, 0.2) is 36.7 Å². The Morgan fingerprint density at radius 1 is 1.16 bits per heavy atom. The van der Waals surface area contributed by atoms with Crippen molar-refractivity contribution < 1.29 is 14.3 Å². The molecule has 0 saturated carbocycles. The van der Waals surface area contributed by atoms with Crippen LogP contribution in [0.1, 0.15) is 38.2 Å².